The first-order valence-electron chi connectivity index (χ1n) is 7.25. The summed E-state index contributed by atoms with van der Waals surface area (Å²) in [7, 11) is -3.51. The van der Waals surface area contributed by atoms with Gasteiger partial charge < -0.3 is 14.8 Å². The van der Waals surface area contributed by atoms with Gasteiger partial charge in [-0.25, -0.2) is 13.1 Å². The van der Waals surface area contributed by atoms with E-state index < -0.39 is 10.0 Å². The lowest BCUT2D eigenvalue weighted by molar-refractivity contribution is 0.297. The number of nitrogens with one attached hydrogen (secondary N) is 2. The third kappa shape index (κ3) is 4.04. The van der Waals surface area contributed by atoms with E-state index in [1.165, 1.54) is 6.07 Å². The van der Waals surface area contributed by atoms with Gasteiger partial charge in [0, 0.05) is 19.0 Å². The summed E-state index contributed by atoms with van der Waals surface area (Å²) in [5.74, 6) is 1.46. The molecule has 2 aliphatic rings. The van der Waals surface area contributed by atoms with Crippen molar-refractivity contribution in [1.29, 1.82) is 0 Å². The topological polar surface area (TPSA) is 76.7 Å². The van der Waals surface area contributed by atoms with Crippen LogP contribution in [0.3, 0.4) is 0 Å². The van der Waals surface area contributed by atoms with Crippen LogP contribution in [-0.2, 0) is 10.0 Å². The maximum atomic E-state index is 12.3. The highest BCUT2D eigenvalue weighted by atomic mass is 35.5. The maximum absolute atomic E-state index is 12.3. The van der Waals surface area contributed by atoms with Gasteiger partial charge in [-0.15, -0.1) is 12.4 Å². The molecule has 8 heteroatoms. The van der Waals surface area contributed by atoms with Gasteiger partial charge in [0.25, 0.3) is 0 Å². The Kier molecular flexibility index (Phi) is 5.91. The lowest BCUT2D eigenvalue weighted by Crippen LogP contribution is -2.30. The average molecular weight is 349 g/mol. The molecule has 1 fully saturated rings. The molecule has 0 saturated carbocycles. The lowest BCUT2D eigenvalue weighted by atomic mass is 10.1. The highest BCUT2D eigenvalue weighted by Gasteiger charge is 2.21. The van der Waals surface area contributed by atoms with E-state index >= 15 is 0 Å². The summed E-state index contributed by atoms with van der Waals surface area (Å²) in [6.07, 6.45) is 1.80. The summed E-state index contributed by atoms with van der Waals surface area (Å²) in [5.41, 5.74) is 0. The van der Waals surface area contributed by atoms with Crippen molar-refractivity contribution < 1.29 is 17.9 Å². The fraction of sp³-hybridized carbons (Fsp3) is 0.571. The summed E-state index contributed by atoms with van der Waals surface area (Å²) < 4.78 is 38.4. The van der Waals surface area contributed by atoms with Crippen LogP contribution in [0, 0.1) is 5.92 Å². The SMILES string of the molecule is Cl.O=S(=O)(NCC1CCNC1)c1ccc2c(c1)OCCCO2. The Morgan fingerprint density at radius 3 is 2.73 bits per heavy atom. The van der Waals surface area contributed by atoms with Crippen LogP contribution in [0.5, 0.6) is 11.5 Å². The summed E-state index contributed by atoms with van der Waals surface area (Å²) in [6.45, 7) is 3.41. The zero-order valence-corrected chi connectivity index (χ0v) is 13.8. The van der Waals surface area contributed by atoms with Crippen LogP contribution >= 0.6 is 12.4 Å². The van der Waals surface area contributed by atoms with Gasteiger partial charge in [-0.3, -0.25) is 0 Å². The molecule has 0 amide bonds. The molecule has 0 radical (unpaired) electrons. The summed E-state index contributed by atoms with van der Waals surface area (Å²) >= 11 is 0. The smallest absolute Gasteiger partial charge is 0.240 e. The molecular weight excluding hydrogens is 328 g/mol. The van der Waals surface area contributed by atoms with Gasteiger partial charge in [-0.05, 0) is 37.6 Å². The van der Waals surface area contributed by atoms with Crippen molar-refractivity contribution in [3.8, 4) is 11.5 Å². The zero-order chi connectivity index (χ0) is 14.7. The van der Waals surface area contributed by atoms with Crippen molar-refractivity contribution in [2.75, 3.05) is 32.8 Å². The predicted molar refractivity (Wildman–Crippen MR) is 85.5 cm³/mol. The highest BCUT2D eigenvalue weighted by molar-refractivity contribution is 7.89. The molecule has 3 rings (SSSR count). The molecular formula is C14H21ClN2O4S. The third-order valence-electron chi connectivity index (χ3n) is 3.75. The van der Waals surface area contributed by atoms with E-state index in [4.69, 9.17) is 9.47 Å². The minimum absolute atomic E-state index is 0. The minimum atomic E-state index is -3.51. The second kappa shape index (κ2) is 7.50. The van der Waals surface area contributed by atoms with E-state index in [1.807, 2.05) is 0 Å². The molecule has 1 aromatic rings. The average Bonchev–Trinajstić information content (AvgIpc) is 2.89. The number of halogens is 1. The Bertz CT molecular complexity index is 603. The largest absolute Gasteiger partial charge is 0.490 e. The fourth-order valence-electron chi connectivity index (χ4n) is 2.51. The van der Waals surface area contributed by atoms with Gasteiger partial charge in [0.05, 0.1) is 18.1 Å². The predicted octanol–water partition coefficient (Wildman–Crippen LogP) is 1.16. The first kappa shape index (κ1) is 17.3. The number of ether oxygens (including phenoxy) is 2. The van der Waals surface area contributed by atoms with Crippen molar-refractivity contribution >= 4 is 22.4 Å². The highest BCUT2D eigenvalue weighted by Crippen LogP contribution is 2.31. The van der Waals surface area contributed by atoms with Crippen LogP contribution in [0.15, 0.2) is 23.1 Å². The Hall–Kier alpha value is -1.02. The normalized spacial score (nSPS) is 21.0. The number of rotatable bonds is 4. The Morgan fingerprint density at radius 1 is 1.23 bits per heavy atom. The van der Waals surface area contributed by atoms with Gasteiger partial charge >= 0.3 is 0 Å². The summed E-state index contributed by atoms with van der Waals surface area (Å²) in [6, 6.07) is 4.75. The van der Waals surface area contributed by atoms with E-state index in [1.54, 1.807) is 12.1 Å². The molecule has 0 bridgehead atoms. The molecule has 1 unspecified atom stereocenters. The molecule has 0 aromatic heterocycles. The standard InChI is InChI=1S/C14H20N2O4S.ClH/c17-21(18,16-10-11-4-5-15-9-11)12-2-3-13-14(8-12)20-7-1-6-19-13;/h2-3,8,11,15-16H,1,4-7,9-10H2;1H. The molecule has 2 N–H and O–H groups in total. The van der Waals surface area contributed by atoms with E-state index in [-0.39, 0.29) is 17.3 Å². The molecule has 0 aliphatic carbocycles. The molecule has 1 saturated heterocycles. The monoisotopic (exact) mass is 348 g/mol. The van der Waals surface area contributed by atoms with Crippen LogP contribution in [0.1, 0.15) is 12.8 Å². The van der Waals surface area contributed by atoms with Crippen LogP contribution < -0.4 is 19.5 Å². The van der Waals surface area contributed by atoms with Crippen LogP contribution in [0.2, 0.25) is 0 Å². The van der Waals surface area contributed by atoms with Crippen LogP contribution in [0.25, 0.3) is 0 Å². The van der Waals surface area contributed by atoms with Gasteiger partial charge in [0.15, 0.2) is 11.5 Å². The summed E-state index contributed by atoms with van der Waals surface area (Å²) in [5, 5.41) is 3.22. The first-order valence-corrected chi connectivity index (χ1v) is 8.73. The minimum Gasteiger partial charge on any atom is -0.490 e. The van der Waals surface area contributed by atoms with Crippen molar-refractivity contribution in [3.05, 3.63) is 18.2 Å². The van der Waals surface area contributed by atoms with E-state index in [2.05, 4.69) is 10.0 Å². The molecule has 0 spiro atoms. The number of hydrogen-bond donors (Lipinski definition) is 2. The third-order valence-corrected chi connectivity index (χ3v) is 5.17. The van der Waals surface area contributed by atoms with Crippen molar-refractivity contribution in [2.24, 2.45) is 5.92 Å². The van der Waals surface area contributed by atoms with Crippen molar-refractivity contribution in [3.63, 3.8) is 0 Å². The number of fused-ring (bicyclic) bond motifs is 1. The van der Waals surface area contributed by atoms with Gasteiger partial charge in [-0.1, -0.05) is 0 Å². The number of sulfonamides is 1. The number of hydrogen-bond acceptors (Lipinski definition) is 5. The van der Waals surface area contributed by atoms with Crippen molar-refractivity contribution in [1.82, 2.24) is 10.0 Å². The number of benzene rings is 1. The molecule has 124 valence electrons. The van der Waals surface area contributed by atoms with E-state index in [0.717, 1.165) is 25.9 Å². The molecule has 1 atom stereocenters. The van der Waals surface area contributed by atoms with Crippen LogP contribution in [0.4, 0.5) is 0 Å². The van der Waals surface area contributed by atoms with Crippen molar-refractivity contribution in [2.45, 2.75) is 17.7 Å². The molecule has 22 heavy (non-hydrogen) atoms. The second-order valence-corrected chi connectivity index (χ2v) is 7.14. The van der Waals surface area contributed by atoms with Gasteiger partial charge in [-0.2, -0.15) is 0 Å². The summed E-state index contributed by atoms with van der Waals surface area (Å²) in [4.78, 5) is 0.220. The Labute approximate surface area is 137 Å². The second-order valence-electron chi connectivity index (χ2n) is 5.37. The van der Waals surface area contributed by atoms with Gasteiger partial charge in [0.1, 0.15) is 0 Å². The molecule has 6 nitrogen and oxygen atoms in total. The van der Waals surface area contributed by atoms with Gasteiger partial charge in [0.2, 0.25) is 10.0 Å². The Balaban J connectivity index is 0.00000176. The molecule has 2 aliphatic heterocycles. The quantitative estimate of drug-likeness (QED) is 0.853. The molecule has 2 heterocycles. The van der Waals surface area contributed by atoms with E-state index in [9.17, 15) is 8.42 Å². The fourth-order valence-corrected chi connectivity index (χ4v) is 3.64. The zero-order valence-electron chi connectivity index (χ0n) is 12.2. The van der Waals surface area contributed by atoms with Crippen LogP contribution in [-0.4, -0.2) is 41.3 Å². The first-order chi connectivity index (χ1) is 10.1. The molecule has 1 aromatic carbocycles. The maximum Gasteiger partial charge on any atom is 0.240 e. The Morgan fingerprint density at radius 2 is 2.00 bits per heavy atom. The lowest BCUT2D eigenvalue weighted by Gasteiger charge is -2.13. The van der Waals surface area contributed by atoms with E-state index in [0.29, 0.717) is 37.2 Å².